The number of aromatic nitrogens is 5. The average Bonchev–Trinajstić information content (AvgIpc) is 3.20. The molecule has 1 unspecified atom stereocenters. The fourth-order valence-electron chi connectivity index (χ4n) is 4.14. The molecule has 4 heterocycles. The van der Waals surface area contributed by atoms with Gasteiger partial charge in [-0.25, -0.2) is 9.50 Å². The van der Waals surface area contributed by atoms with Gasteiger partial charge in [-0.05, 0) is 43.5 Å². The highest BCUT2D eigenvalue weighted by Gasteiger charge is 2.25. The molecule has 5 rings (SSSR count). The van der Waals surface area contributed by atoms with Crippen LogP contribution in [0.5, 0.6) is 0 Å². The molecule has 4 aromatic rings. The van der Waals surface area contributed by atoms with E-state index in [2.05, 4.69) is 61.9 Å². The normalized spacial score (nSPS) is 17.3. The summed E-state index contributed by atoms with van der Waals surface area (Å²) >= 11 is 0. The van der Waals surface area contributed by atoms with Crippen molar-refractivity contribution in [1.82, 2.24) is 29.5 Å². The van der Waals surface area contributed by atoms with Crippen molar-refractivity contribution < 1.29 is 0 Å². The van der Waals surface area contributed by atoms with Crippen LogP contribution in [0.2, 0.25) is 0 Å². The van der Waals surface area contributed by atoms with Crippen molar-refractivity contribution >= 4 is 22.4 Å². The number of hydrogen-bond acceptors (Lipinski definition) is 5. The SMILES string of the molecule is C=C(c1ccc2cccnc2c1)N1CCCC(c2cc(C)nc3ncnn23)C1. The van der Waals surface area contributed by atoms with Crippen molar-refractivity contribution in [2.24, 2.45) is 0 Å². The Bertz CT molecular complexity index is 1180. The zero-order valence-corrected chi connectivity index (χ0v) is 15.9. The topological polar surface area (TPSA) is 59.2 Å². The summed E-state index contributed by atoms with van der Waals surface area (Å²) in [5, 5.41) is 5.54. The predicted octanol–water partition coefficient (Wildman–Crippen LogP) is 3.83. The maximum absolute atomic E-state index is 4.48. The summed E-state index contributed by atoms with van der Waals surface area (Å²) in [6.45, 7) is 8.35. The van der Waals surface area contributed by atoms with Gasteiger partial charge in [-0.1, -0.05) is 24.8 Å². The molecule has 0 saturated carbocycles. The first kappa shape index (κ1) is 16.9. The molecule has 0 spiro atoms. The number of likely N-dealkylation sites (tertiary alicyclic amines) is 1. The Morgan fingerprint density at radius 1 is 1.18 bits per heavy atom. The Hall–Kier alpha value is -3.28. The summed E-state index contributed by atoms with van der Waals surface area (Å²) < 4.78 is 1.88. The molecule has 0 amide bonds. The third-order valence-electron chi connectivity index (χ3n) is 5.57. The molecule has 1 atom stereocenters. The highest BCUT2D eigenvalue weighted by atomic mass is 15.3. The first-order valence-corrected chi connectivity index (χ1v) is 9.65. The lowest BCUT2D eigenvalue weighted by Gasteiger charge is -2.36. The second-order valence-corrected chi connectivity index (χ2v) is 7.44. The van der Waals surface area contributed by atoms with E-state index in [0.717, 1.165) is 53.8 Å². The molecule has 3 aromatic heterocycles. The van der Waals surface area contributed by atoms with Crippen molar-refractivity contribution in [3.8, 4) is 0 Å². The van der Waals surface area contributed by atoms with Crippen LogP contribution in [-0.2, 0) is 0 Å². The van der Waals surface area contributed by atoms with Crippen LogP contribution in [0, 0.1) is 6.92 Å². The van der Waals surface area contributed by atoms with Crippen LogP contribution in [0.4, 0.5) is 0 Å². The lowest BCUT2D eigenvalue weighted by Crippen LogP contribution is -2.33. The van der Waals surface area contributed by atoms with E-state index in [4.69, 9.17) is 0 Å². The fraction of sp³-hybridized carbons (Fsp3) is 0.273. The van der Waals surface area contributed by atoms with Crippen molar-refractivity contribution in [1.29, 1.82) is 0 Å². The van der Waals surface area contributed by atoms with Gasteiger partial charge < -0.3 is 4.90 Å². The van der Waals surface area contributed by atoms with Crippen molar-refractivity contribution in [2.75, 3.05) is 13.1 Å². The molecule has 1 aliphatic heterocycles. The molecular formula is C22H22N6. The number of nitrogens with zero attached hydrogens (tertiary/aromatic N) is 6. The van der Waals surface area contributed by atoms with E-state index in [9.17, 15) is 0 Å². The highest BCUT2D eigenvalue weighted by molar-refractivity contribution is 5.82. The number of benzene rings is 1. The summed E-state index contributed by atoms with van der Waals surface area (Å²) in [4.78, 5) is 15.6. The fourth-order valence-corrected chi connectivity index (χ4v) is 4.14. The summed E-state index contributed by atoms with van der Waals surface area (Å²) in [5.41, 5.74) is 5.34. The minimum Gasteiger partial charge on any atom is -0.371 e. The van der Waals surface area contributed by atoms with Gasteiger partial charge in [0.25, 0.3) is 5.78 Å². The molecule has 0 N–H and O–H groups in total. The van der Waals surface area contributed by atoms with Crippen LogP contribution in [-0.4, -0.2) is 42.6 Å². The van der Waals surface area contributed by atoms with Gasteiger partial charge in [0.15, 0.2) is 0 Å². The predicted molar refractivity (Wildman–Crippen MR) is 110 cm³/mol. The molecule has 1 aliphatic rings. The van der Waals surface area contributed by atoms with Crippen LogP contribution in [0.1, 0.15) is 35.7 Å². The summed E-state index contributed by atoms with van der Waals surface area (Å²) in [6, 6.07) is 12.6. The van der Waals surface area contributed by atoms with Crippen LogP contribution >= 0.6 is 0 Å². The number of aryl methyl sites for hydroxylation is 1. The Balaban J connectivity index is 1.44. The molecule has 6 nitrogen and oxygen atoms in total. The number of piperidine rings is 1. The molecule has 1 saturated heterocycles. The first-order valence-electron chi connectivity index (χ1n) is 9.65. The van der Waals surface area contributed by atoms with E-state index in [0.29, 0.717) is 11.7 Å². The van der Waals surface area contributed by atoms with E-state index in [1.165, 1.54) is 5.69 Å². The first-order chi connectivity index (χ1) is 13.7. The Morgan fingerprint density at radius 3 is 3.04 bits per heavy atom. The zero-order chi connectivity index (χ0) is 19.1. The molecule has 28 heavy (non-hydrogen) atoms. The number of hydrogen-bond donors (Lipinski definition) is 0. The van der Waals surface area contributed by atoms with Gasteiger partial charge in [0.1, 0.15) is 6.33 Å². The third kappa shape index (κ3) is 2.91. The summed E-state index contributed by atoms with van der Waals surface area (Å²) in [6.07, 6.45) is 5.66. The lowest BCUT2D eigenvalue weighted by molar-refractivity contribution is 0.290. The smallest absolute Gasteiger partial charge is 0.252 e. The molecule has 1 aromatic carbocycles. The molecule has 0 aliphatic carbocycles. The Morgan fingerprint density at radius 2 is 2.11 bits per heavy atom. The number of fused-ring (bicyclic) bond motifs is 2. The molecule has 0 radical (unpaired) electrons. The number of rotatable bonds is 3. The van der Waals surface area contributed by atoms with Crippen molar-refractivity contribution in [3.05, 3.63) is 72.5 Å². The molecule has 0 bridgehead atoms. The molecule has 140 valence electrons. The van der Waals surface area contributed by atoms with Gasteiger partial charge in [-0.3, -0.25) is 4.98 Å². The van der Waals surface area contributed by atoms with Gasteiger partial charge in [0.05, 0.1) is 11.2 Å². The van der Waals surface area contributed by atoms with Gasteiger partial charge in [0.2, 0.25) is 0 Å². The van der Waals surface area contributed by atoms with E-state index >= 15 is 0 Å². The standard InChI is InChI=1S/C22H22N6/c1-15-11-21(28-22(26-15)24-14-25-28)19-6-4-10-27(13-19)16(2)18-8-7-17-5-3-9-23-20(17)12-18/h3,5,7-9,11-12,14,19H,2,4,6,10,13H2,1H3. The quantitative estimate of drug-likeness (QED) is 0.548. The molecular weight excluding hydrogens is 348 g/mol. The zero-order valence-electron chi connectivity index (χ0n) is 15.9. The van der Waals surface area contributed by atoms with Crippen LogP contribution in [0.3, 0.4) is 0 Å². The number of pyridine rings is 1. The van der Waals surface area contributed by atoms with Crippen molar-refractivity contribution in [2.45, 2.75) is 25.7 Å². The summed E-state index contributed by atoms with van der Waals surface area (Å²) in [5.74, 6) is 1.04. The minimum atomic E-state index is 0.370. The Kier molecular flexibility index (Phi) is 4.04. The maximum Gasteiger partial charge on any atom is 0.252 e. The monoisotopic (exact) mass is 370 g/mol. The highest BCUT2D eigenvalue weighted by Crippen LogP contribution is 2.32. The van der Waals surface area contributed by atoms with Gasteiger partial charge in [-0.15, -0.1) is 0 Å². The van der Waals surface area contributed by atoms with Gasteiger partial charge in [-0.2, -0.15) is 10.1 Å². The van der Waals surface area contributed by atoms with E-state index in [1.54, 1.807) is 6.33 Å². The van der Waals surface area contributed by atoms with Crippen LogP contribution < -0.4 is 0 Å². The van der Waals surface area contributed by atoms with E-state index in [-0.39, 0.29) is 0 Å². The molecule has 1 fully saturated rings. The third-order valence-corrected chi connectivity index (χ3v) is 5.57. The lowest BCUT2D eigenvalue weighted by atomic mass is 9.93. The van der Waals surface area contributed by atoms with Gasteiger partial charge in [0, 0.05) is 42.0 Å². The second kappa shape index (κ2) is 6.71. The van der Waals surface area contributed by atoms with Crippen LogP contribution in [0.15, 0.2) is 55.5 Å². The summed E-state index contributed by atoms with van der Waals surface area (Å²) in [7, 11) is 0. The molecule has 6 heteroatoms. The Labute approximate surface area is 163 Å². The van der Waals surface area contributed by atoms with Crippen LogP contribution in [0.25, 0.3) is 22.4 Å². The van der Waals surface area contributed by atoms with Gasteiger partial charge >= 0.3 is 0 Å². The maximum atomic E-state index is 4.48. The largest absolute Gasteiger partial charge is 0.371 e. The average molecular weight is 370 g/mol. The van der Waals surface area contributed by atoms with E-state index < -0.39 is 0 Å². The van der Waals surface area contributed by atoms with Crippen molar-refractivity contribution in [3.63, 3.8) is 0 Å². The second-order valence-electron chi connectivity index (χ2n) is 7.44. The minimum absolute atomic E-state index is 0.370. The van der Waals surface area contributed by atoms with E-state index in [1.807, 2.05) is 23.7 Å².